The van der Waals surface area contributed by atoms with E-state index < -0.39 is 0 Å². The Morgan fingerprint density at radius 3 is 2.74 bits per heavy atom. The maximum atomic E-state index is 5.41. The van der Waals surface area contributed by atoms with Crippen LogP contribution in [-0.4, -0.2) is 13.2 Å². The Kier molecular flexibility index (Phi) is 4.07. The fraction of sp³-hybridized carbons (Fsp3) is 0.647. The summed E-state index contributed by atoms with van der Waals surface area (Å²) in [5.74, 6) is 3.07. The highest BCUT2D eigenvalue weighted by atomic mass is 16.5. The van der Waals surface area contributed by atoms with Gasteiger partial charge in [-0.2, -0.15) is 0 Å². The molecule has 19 heavy (non-hydrogen) atoms. The number of methoxy groups -OCH3 is 1. The van der Waals surface area contributed by atoms with Crippen LogP contribution in [-0.2, 0) is 6.54 Å². The monoisotopic (exact) mass is 259 g/mol. The molecule has 2 aliphatic carbocycles. The second-order valence-corrected chi connectivity index (χ2v) is 6.15. The Bertz CT molecular complexity index is 413. The first-order valence-corrected chi connectivity index (χ1v) is 7.72. The molecule has 3 rings (SSSR count). The summed E-state index contributed by atoms with van der Waals surface area (Å²) < 4.78 is 5.41. The van der Waals surface area contributed by atoms with E-state index in [9.17, 15) is 0 Å². The van der Waals surface area contributed by atoms with Crippen LogP contribution < -0.4 is 10.1 Å². The highest BCUT2D eigenvalue weighted by molar-refractivity contribution is 5.33. The summed E-state index contributed by atoms with van der Waals surface area (Å²) >= 11 is 0. The first-order chi connectivity index (χ1) is 9.36. The van der Waals surface area contributed by atoms with Gasteiger partial charge in [-0.25, -0.2) is 0 Å². The lowest BCUT2D eigenvalue weighted by molar-refractivity contribution is 0.259. The van der Waals surface area contributed by atoms with Gasteiger partial charge in [0, 0.05) is 18.2 Å². The van der Waals surface area contributed by atoms with Gasteiger partial charge in [0.05, 0.1) is 7.11 Å². The van der Waals surface area contributed by atoms with Crippen molar-refractivity contribution in [1.82, 2.24) is 5.32 Å². The zero-order valence-corrected chi connectivity index (χ0v) is 11.9. The summed E-state index contributed by atoms with van der Waals surface area (Å²) in [6.07, 6.45) is 8.59. The molecule has 0 aromatic heterocycles. The minimum atomic E-state index is 0.712. The molecule has 0 amide bonds. The molecule has 0 aliphatic heterocycles. The molecule has 2 atom stereocenters. The van der Waals surface area contributed by atoms with Gasteiger partial charge >= 0.3 is 0 Å². The molecule has 0 radical (unpaired) electrons. The van der Waals surface area contributed by atoms with Crippen LogP contribution in [0.2, 0.25) is 0 Å². The Morgan fingerprint density at radius 2 is 1.95 bits per heavy atom. The van der Waals surface area contributed by atoms with Crippen molar-refractivity contribution in [3.63, 3.8) is 0 Å². The smallest absolute Gasteiger partial charge is 0.123 e. The minimum Gasteiger partial charge on any atom is -0.496 e. The van der Waals surface area contributed by atoms with E-state index in [1.165, 1.54) is 44.1 Å². The van der Waals surface area contributed by atoms with Gasteiger partial charge in [0.2, 0.25) is 0 Å². The average molecular weight is 259 g/mol. The summed E-state index contributed by atoms with van der Waals surface area (Å²) in [7, 11) is 1.75. The second-order valence-electron chi connectivity index (χ2n) is 6.15. The Balaban J connectivity index is 1.53. The van der Waals surface area contributed by atoms with E-state index in [0.717, 1.165) is 24.1 Å². The molecule has 2 unspecified atom stereocenters. The van der Waals surface area contributed by atoms with Gasteiger partial charge < -0.3 is 10.1 Å². The number of benzene rings is 1. The van der Waals surface area contributed by atoms with Crippen LogP contribution in [0.5, 0.6) is 5.75 Å². The number of nitrogens with one attached hydrogen (secondary N) is 1. The van der Waals surface area contributed by atoms with E-state index in [1.807, 2.05) is 12.1 Å². The molecular formula is C17H25NO. The van der Waals surface area contributed by atoms with Crippen molar-refractivity contribution in [3.05, 3.63) is 29.8 Å². The predicted molar refractivity (Wildman–Crippen MR) is 78.3 cm³/mol. The van der Waals surface area contributed by atoms with Crippen molar-refractivity contribution in [1.29, 1.82) is 0 Å². The average Bonchev–Trinajstić information content (AvgIpc) is 3.30. The first kappa shape index (κ1) is 13.0. The number of ether oxygens (including phenoxy) is 1. The van der Waals surface area contributed by atoms with Gasteiger partial charge in [-0.15, -0.1) is 0 Å². The van der Waals surface area contributed by atoms with Crippen LogP contribution >= 0.6 is 0 Å². The van der Waals surface area contributed by atoms with Crippen molar-refractivity contribution in [2.45, 2.75) is 51.1 Å². The van der Waals surface area contributed by atoms with Crippen molar-refractivity contribution in [2.24, 2.45) is 11.8 Å². The summed E-state index contributed by atoms with van der Waals surface area (Å²) in [4.78, 5) is 0. The van der Waals surface area contributed by atoms with Crippen LogP contribution in [0.1, 0.15) is 44.1 Å². The number of hydrogen-bond acceptors (Lipinski definition) is 2. The van der Waals surface area contributed by atoms with Gasteiger partial charge in [-0.05, 0) is 43.6 Å². The zero-order chi connectivity index (χ0) is 13.1. The normalized spacial score (nSPS) is 27.2. The highest BCUT2D eigenvalue weighted by Gasteiger charge is 2.34. The predicted octanol–water partition coefficient (Wildman–Crippen LogP) is 3.75. The van der Waals surface area contributed by atoms with Gasteiger partial charge in [0.15, 0.2) is 0 Å². The van der Waals surface area contributed by atoms with Crippen LogP contribution in [0, 0.1) is 11.8 Å². The fourth-order valence-electron chi connectivity index (χ4n) is 3.51. The van der Waals surface area contributed by atoms with Crippen molar-refractivity contribution < 1.29 is 4.74 Å². The molecule has 104 valence electrons. The van der Waals surface area contributed by atoms with Crippen LogP contribution in [0.25, 0.3) is 0 Å². The van der Waals surface area contributed by atoms with E-state index in [0.29, 0.717) is 6.04 Å². The van der Waals surface area contributed by atoms with Crippen LogP contribution in [0.3, 0.4) is 0 Å². The van der Waals surface area contributed by atoms with Crippen molar-refractivity contribution >= 4 is 0 Å². The van der Waals surface area contributed by atoms with E-state index in [4.69, 9.17) is 4.74 Å². The van der Waals surface area contributed by atoms with E-state index >= 15 is 0 Å². The van der Waals surface area contributed by atoms with E-state index in [-0.39, 0.29) is 0 Å². The van der Waals surface area contributed by atoms with E-state index in [1.54, 1.807) is 7.11 Å². The molecule has 1 aromatic rings. The third-order valence-corrected chi connectivity index (χ3v) is 4.78. The van der Waals surface area contributed by atoms with Gasteiger partial charge in [-0.3, -0.25) is 0 Å². The summed E-state index contributed by atoms with van der Waals surface area (Å²) in [6.45, 7) is 0.937. The molecule has 0 bridgehead atoms. The molecule has 2 heteroatoms. The summed E-state index contributed by atoms with van der Waals surface area (Å²) in [5, 5.41) is 3.75. The number of rotatable bonds is 5. The number of hydrogen-bond donors (Lipinski definition) is 1. The molecule has 2 aliphatic rings. The minimum absolute atomic E-state index is 0.712. The molecule has 2 fully saturated rings. The van der Waals surface area contributed by atoms with Crippen molar-refractivity contribution in [2.75, 3.05) is 7.11 Å². The quantitative estimate of drug-likeness (QED) is 0.869. The molecule has 0 saturated heterocycles. The number of para-hydroxylation sites is 1. The van der Waals surface area contributed by atoms with E-state index in [2.05, 4.69) is 17.4 Å². The molecule has 0 spiro atoms. The topological polar surface area (TPSA) is 21.3 Å². The van der Waals surface area contributed by atoms with Crippen LogP contribution in [0.4, 0.5) is 0 Å². The van der Waals surface area contributed by atoms with Gasteiger partial charge in [0.25, 0.3) is 0 Å². The summed E-state index contributed by atoms with van der Waals surface area (Å²) in [5.41, 5.74) is 1.28. The molecule has 0 heterocycles. The van der Waals surface area contributed by atoms with Crippen LogP contribution in [0.15, 0.2) is 24.3 Å². The Hall–Kier alpha value is -1.02. The molecule has 2 nitrogen and oxygen atoms in total. The maximum Gasteiger partial charge on any atom is 0.123 e. The maximum absolute atomic E-state index is 5.41. The lowest BCUT2D eigenvalue weighted by Crippen LogP contribution is -2.34. The molecule has 1 N–H and O–H groups in total. The third kappa shape index (κ3) is 3.30. The lowest BCUT2D eigenvalue weighted by Gasteiger charge is -2.30. The highest BCUT2D eigenvalue weighted by Crippen LogP contribution is 2.43. The largest absolute Gasteiger partial charge is 0.496 e. The molecule has 1 aromatic carbocycles. The second kappa shape index (κ2) is 5.96. The fourth-order valence-corrected chi connectivity index (χ4v) is 3.51. The van der Waals surface area contributed by atoms with Gasteiger partial charge in [-0.1, -0.05) is 31.0 Å². The Labute approximate surface area is 116 Å². The zero-order valence-electron chi connectivity index (χ0n) is 11.9. The third-order valence-electron chi connectivity index (χ3n) is 4.78. The summed E-state index contributed by atoms with van der Waals surface area (Å²) in [6, 6.07) is 9.04. The molecular weight excluding hydrogens is 234 g/mol. The first-order valence-electron chi connectivity index (χ1n) is 7.72. The molecule has 2 saturated carbocycles. The Morgan fingerprint density at radius 1 is 1.11 bits per heavy atom. The van der Waals surface area contributed by atoms with Gasteiger partial charge in [0.1, 0.15) is 5.75 Å². The van der Waals surface area contributed by atoms with Crippen molar-refractivity contribution in [3.8, 4) is 5.75 Å². The standard InChI is InChI=1S/C17H25NO/c1-19-17-8-3-2-5-15(17)12-18-16-7-4-6-14(11-16)13-9-10-13/h2-3,5,8,13-14,16,18H,4,6-7,9-12H2,1H3. The lowest BCUT2D eigenvalue weighted by atomic mass is 9.82. The SMILES string of the molecule is COc1ccccc1CNC1CCCC(C2CC2)C1.